The molecule has 3 aromatic rings. The average molecular weight is 237 g/mol. The van der Waals surface area contributed by atoms with Crippen LogP contribution < -0.4 is 0 Å². The van der Waals surface area contributed by atoms with Crippen molar-refractivity contribution in [2.24, 2.45) is 0 Å². The van der Waals surface area contributed by atoms with Crippen LogP contribution in [-0.4, -0.2) is 14.8 Å². The number of hydrogen-bond acceptors (Lipinski definition) is 2. The van der Waals surface area contributed by atoms with Gasteiger partial charge in [0.1, 0.15) is 11.5 Å². The molecular formula is C14H8FN3. The Balaban J connectivity index is 2.33. The number of halogens is 1. The van der Waals surface area contributed by atoms with Gasteiger partial charge >= 0.3 is 0 Å². The summed E-state index contributed by atoms with van der Waals surface area (Å²) in [5, 5.41) is 4.96. The molecule has 0 bridgehead atoms. The fourth-order valence-corrected chi connectivity index (χ4v) is 1.87. The van der Waals surface area contributed by atoms with Crippen LogP contribution in [0.1, 0.15) is 5.56 Å². The number of nitrogens with zero attached hydrogens (tertiary/aromatic N) is 3. The standard InChI is InChI=1S/C14H8FN3/c1-2-10-7-16-9-14-11(10)8-17-18(14)13-6-4-3-5-12(13)15/h1,3-9H. The first-order valence-corrected chi connectivity index (χ1v) is 5.34. The molecule has 0 aliphatic carbocycles. The average Bonchev–Trinajstić information content (AvgIpc) is 2.83. The highest BCUT2D eigenvalue weighted by molar-refractivity contribution is 5.85. The summed E-state index contributed by atoms with van der Waals surface area (Å²) < 4.78 is 15.2. The maximum absolute atomic E-state index is 13.7. The van der Waals surface area contributed by atoms with E-state index in [4.69, 9.17) is 6.42 Å². The van der Waals surface area contributed by atoms with Crippen LogP contribution in [0, 0.1) is 18.2 Å². The molecule has 0 saturated heterocycles. The van der Waals surface area contributed by atoms with E-state index in [-0.39, 0.29) is 5.82 Å². The lowest BCUT2D eigenvalue weighted by atomic mass is 10.2. The van der Waals surface area contributed by atoms with E-state index in [0.29, 0.717) is 16.8 Å². The van der Waals surface area contributed by atoms with E-state index in [1.165, 1.54) is 10.7 Å². The number of para-hydroxylation sites is 1. The first-order valence-electron chi connectivity index (χ1n) is 5.34. The third-order valence-electron chi connectivity index (χ3n) is 2.73. The Kier molecular flexibility index (Phi) is 2.31. The monoisotopic (exact) mass is 237 g/mol. The third-order valence-corrected chi connectivity index (χ3v) is 2.73. The molecule has 0 amide bonds. The van der Waals surface area contributed by atoms with E-state index in [1.54, 1.807) is 36.8 Å². The van der Waals surface area contributed by atoms with Crippen molar-refractivity contribution in [1.82, 2.24) is 14.8 Å². The van der Waals surface area contributed by atoms with Crippen molar-refractivity contribution in [2.45, 2.75) is 0 Å². The molecule has 2 aromatic heterocycles. The first-order chi connectivity index (χ1) is 8.81. The highest BCUT2D eigenvalue weighted by Gasteiger charge is 2.10. The summed E-state index contributed by atoms with van der Waals surface area (Å²) in [6.07, 6.45) is 10.2. The molecule has 0 N–H and O–H groups in total. The smallest absolute Gasteiger partial charge is 0.148 e. The highest BCUT2D eigenvalue weighted by Crippen LogP contribution is 2.21. The number of fused-ring (bicyclic) bond motifs is 1. The molecule has 3 nitrogen and oxygen atoms in total. The molecule has 0 saturated carbocycles. The van der Waals surface area contributed by atoms with Crippen molar-refractivity contribution in [3.05, 3.63) is 54.2 Å². The summed E-state index contributed by atoms with van der Waals surface area (Å²) in [4.78, 5) is 4.05. The quantitative estimate of drug-likeness (QED) is 0.609. The van der Waals surface area contributed by atoms with Gasteiger partial charge in [-0.3, -0.25) is 4.98 Å². The summed E-state index contributed by atoms with van der Waals surface area (Å²) in [7, 11) is 0. The van der Waals surface area contributed by atoms with Gasteiger partial charge in [-0.05, 0) is 12.1 Å². The SMILES string of the molecule is C#Cc1cncc2c1cnn2-c1ccccc1F. The molecule has 0 fully saturated rings. The Labute approximate surface area is 103 Å². The number of aromatic nitrogens is 3. The second kappa shape index (κ2) is 3.97. The predicted molar refractivity (Wildman–Crippen MR) is 66.8 cm³/mol. The second-order valence-corrected chi connectivity index (χ2v) is 3.77. The van der Waals surface area contributed by atoms with Crippen LogP contribution in [0.5, 0.6) is 0 Å². The lowest BCUT2D eigenvalue weighted by Crippen LogP contribution is -1.99. The van der Waals surface area contributed by atoms with Gasteiger partial charge in [0.25, 0.3) is 0 Å². The fraction of sp³-hybridized carbons (Fsp3) is 0. The first kappa shape index (κ1) is 10.5. The van der Waals surface area contributed by atoms with Gasteiger partial charge in [0.2, 0.25) is 0 Å². The summed E-state index contributed by atoms with van der Waals surface area (Å²) >= 11 is 0. The van der Waals surface area contributed by atoms with Crippen LogP contribution in [0.15, 0.2) is 42.9 Å². The van der Waals surface area contributed by atoms with Gasteiger partial charge in [0.05, 0.1) is 23.5 Å². The molecule has 1 aromatic carbocycles. The van der Waals surface area contributed by atoms with Gasteiger partial charge in [0, 0.05) is 11.6 Å². The topological polar surface area (TPSA) is 30.7 Å². The van der Waals surface area contributed by atoms with E-state index in [9.17, 15) is 4.39 Å². The van der Waals surface area contributed by atoms with Crippen LogP contribution in [-0.2, 0) is 0 Å². The van der Waals surface area contributed by atoms with Gasteiger partial charge < -0.3 is 0 Å². The summed E-state index contributed by atoms with van der Waals surface area (Å²) in [5.74, 6) is 2.20. The van der Waals surface area contributed by atoms with Crippen molar-refractivity contribution in [3.63, 3.8) is 0 Å². The molecule has 0 aliphatic heterocycles. The number of terminal acetylenes is 1. The Morgan fingerprint density at radius 2 is 2.00 bits per heavy atom. The molecule has 86 valence electrons. The van der Waals surface area contributed by atoms with Crippen molar-refractivity contribution < 1.29 is 4.39 Å². The zero-order valence-corrected chi connectivity index (χ0v) is 9.34. The van der Waals surface area contributed by atoms with Crippen molar-refractivity contribution in [1.29, 1.82) is 0 Å². The molecule has 3 rings (SSSR count). The van der Waals surface area contributed by atoms with E-state index in [1.807, 2.05) is 0 Å². The largest absolute Gasteiger partial charge is 0.261 e. The highest BCUT2D eigenvalue weighted by atomic mass is 19.1. The minimum Gasteiger partial charge on any atom is -0.261 e. The van der Waals surface area contributed by atoms with Gasteiger partial charge in [-0.25, -0.2) is 9.07 Å². The number of pyridine rings is 1. The Hall–Kier alpha value is -2.67. The summed E-state index contributed by atoms with van der Waals surface area (Å²) in [5.41, 5.74) is 1.72. The van der Waals surface area contributed by atoms with Crippen LogP contribution in [0.2, 0.25) is 0 Å². The molecule has 0 atom stereocenters. The molecule has 0 spiro atoms. The number of hydrogen-bond donors (Lipinski definition) is 0. The van der Waals surface area contributed by atoms with Crippen LogP contribution in [0.4, 0.5) is 4.39 Å². The Morgan fingerprint density at radius 1 is 1.17 bits per heavy atom. The number of benzene rings is 1. The third kappa shape index (κ3) is 1.45. The van der Waals surface area contributed by atoms with Crippen LogP contribution >= 0.6 is 0 Å². The van der Waals surface area contributed by atoms with Gasteiger partial charge in [0.15, 0.2) is 0 Å². The molecule has 18 heavy (non-hydrogen) atoms. The maximum atomic E-state index is 13.7. The van der Waals surface area contributed by atoms with Gasteiger partial charge in [-0.15, -0.1) is 6.42 Å². The summed E-state index contributed by atoms with van der Waals surface area (Å²) in [6, 6.07) is 6.44. The molecule has 0 radical (unpaired) electrons. The zero-order chi connectivity index (χ0) is 12.5. The van der Waals surface area contributed by atoms with Crippen molar-refractivity contribution >= 4 is 10.9 Å². The normalized spacial score (nSPS) is 10.4. The molecular weight excluding hydrogens is 229 g/mol. The Bertz CT molecular complexity index is 768. The lowest BCUT2D eigenvalue weighted by Gasteiger charge is -2.04. The van der Waals surface area contributed by atoms with Gasteiger partial charge in [-0.1, -0.05) is 18.1 Å². The van der Waals surface area contributed by atoms with Crippen molar-refractivity contribution in [2.75, 3.05) is 0 Å². The minimum absolute atomic E-state index is 0.339. The van der Waals surface area contributed by atoms with Crippen LogP contribution in [0.3, 0.4) is 0 Å². The molecule has 0 aliphatic rings. The van der Waals surface area contributed by atoms with E-state index in [0.717, 1.165) is 5.39 Å². The van der Waals surface area contributed by atoms with Crippen LogP contribution in [0.25, 0.3) is 16.6 Å². The minimum atomic E-state index is -0.339. The van der Waals surface area contributed by atoms with E-state index < -0.39 is 0 Å². The maximum Gasteiger partial charge on any atom is 0.148 e. The van der Waals surface area contributed by atoms with E-state index in [2.05, 4.69) is 16.0 Å². The summed E-state index contributed by atoms with van der Waals surface area (Å²) in [6.45, 7) is 0. The molecule has 2 heterocycles. The lowest BCUT2D eigenvalue weighted by molar-refractivity contribution is 0.613. The van der Waals surface area contributed by atoms with E-state index >= 15 is 0 Å². The van der Waals surface area contributed by atoms with Gasteiger partial charge in [-0.2, -0.15) is 5.10 Å². The fourth-order valence-electron chi connectivity index (χ4n) is 1.87. The zero-order valence-electron chi connectivity index (χ0n) is 9.34. The second-order valence-electron chi connectivity index (χ2n) is 3.77. The predicted octanol–water partition coefficient (Wildman–Crippen LogP) is 2.54. The number of rotatable bonds is 1. The Morgan fingerprint density at radius 3 is 2.78 bits per heavy atom. The van der Waals surface area contributed by atoms with Crippen molar-refractivity contribution in [3.8, 4) is 18.0 Å². The molecule has 0 unspecified atom stereocenters. The molecule has 4 heteroatoms.